The van der Waals surface area contributed by atoms with Gasteiger partial charge in [-0.3, -0.25) is 0 Å². The van der Waals surface area contributed by atoms with Crippen molar-refractivity contribution < 1.29 is 24.1 Å². The van der Waals surface area contributed by atoms with Gasteiger partial charge in [0.25, 0.3) is 0 Å². The van der Waals surface area contributed by atoms with Gasteiger partial charge in [-0.15, -0.1) is 0 Å². The first kappa shape index (κ1) is 15.0. The molecule has 0 saturated carbocycles. The summed E-state index contributed by atoms with van der Waals surface area (Å²) in [4.78, 5) is 11.4. The highest BCUT2D eigenvalue weighted by Gasteiger charge is 2.35. The molecule has 3 rings (SSSR count). The summed E-state index contributed by atoms with van der Waals surface area (Å²) in [6.45, 7) is 3.55. The van der Waals surface area contributed by atoms with Gasteiger partial charge >= 0.3 is 5.63 Å². The summed E-state index contributed by atoms with van der Waals surface area (Å²) in [7, 11) is 0. The van der Waals surface area contributed by atoms with Crippen LogP contribution in [0.2, 0.25) is 0 Å². The molecule has 0 amide bonds. The molecule has 1 fully saturated rings. The zero-order valence-corrected chi connectivity index (χ0v) is 12.4. The maximum atomic E-state index is 11.4. The molecule has 22 heavy (non-hydrogen) atoms. The Kier molecular flexibility index (Phi) is 3.90. The first-order valence-electron chi connectivity index (χ1n) is 7.17. The van der Waals surface area contributed by atoms with E-state index in [1.54, 1.807) is 25.1 Å². The molecule has 1 aromatic heterocycles. The smallest absolute Gasteiger partial charge is 0.336 e. The molecular weight excluding hydrogens is 288 g/mol. The number of aryl methyl sites for hydroxylation is 1. The van der Waals surface area contributed by atoms with Crippen molar-refractivity contribution in [3.05, 3.63) is 40.2 Å². The van der Waals surface area contributed by atoms with Gasteiger partial charge in [0.05, 0.1) is 12.2 Å². The summed E-state index contributed by atoms with van der Waals surface area (Å²) in [6, 6.07) is 6.53. The van der Waals surface area contributed by atoms with Crippen molar-refractivity contribution in [2.45, 2.75) is 44.9 Å². The van der Waals surface area contributed by atoms with Crippen LogP contribution in [0.25, 0.3) is 11.0 Å². The number of fused-ring (bicyclic) bond motifs is 1. The molecule has 1 aromatic carbocycles. The van der Waals surface area contributed by atoms with Crippen molar-refractivity contribution in [1.29, 1.82) is 0 Å². The van der Waals surface area contributed by atoms with Crippen molar-refractivity contribution in [3.8, 4) is 5.75 Å². The third-order valence-electron chi connectivity index (χ3n) is 3.86. The van der Waals surface area contributed by atoms with Crippen LogP contribution in [-0.2, 0) is 4.74 Å². The van der Waals surface area contributed by atoms with Crippen LogP contribution in [0.4, 0.5) is 0 Å². The lowest BCUT2D eigenvalue weighted by Crippen LogP contribution is -2.48. The molecule has 1 saturated heterocycles. The molecule has 6 heteroatoms. The predicted molar refractivity (Wildman–Crippen MR) is 78.8 cm³/mol. The van der Waals surface area contributed by atoms with Gasteiger partial charge in [0, 0.05) is 23.9 Å². The van der Waals surface area contributed by atoms with E-state index in [4.69, 9.17) is 13.9 Å². The average Bonchev–Trinajstić information content (AvgIpc) is 2.44. The second-order valence-corrected chi connectivity index (χ2v) is 5.60. The van der Waals surface area contributed by atoms with Gasteiger partial charge in [-0.05, 0) is 31.5 Å². The normalized spacial score (nSPS) is 28.7. The summed E-state index contributed by atoms with van der Waals surface area (Å²) in [5.74, 6) is 0.425. The van der Waals surface area contributed by atoms with E-state index in [2.05, 4.69) is 0 Å². The van der Waals surface area contributed by atoms with E-state index in [1.807, 2.05) is 6.92 Å². The Hall–Kier alpha value is -1.89. The number of rotatable bonds is 2. The average molecular weight is 306 g/mol. The van der Waals surface area contributed by atoms with Crippen molar-refractivity contribution in [2.24, 2.45) is 0 Å². The van der Waals surface area contributed by atoms with Crippen LogP contribution in [0.3, 0.4) is 0 Å². The highest BCUT2D eigenvalue weighted by molar-refractivity contribution is 5.81. The molecule has 4 atom stereocenters. The Bertz CT molecular complexity index is 737. The van der Waals surface area contributed by atoms with E-state index in [0.29, 0.717) is 11.3 Å². The van der Waals surface area contributed by atoms with Gasteiger partial charge in [0.15, 0.2) is 0 Å². The third-order valence-corrected chi connectivity index (χ3v) is 3.86. The molecule has 0 bridgehead atoms. The summed E-state index contributed by atoms with van der Waals surface area (Å²) in [5, 5.41) is 20.4. The molecule has 0 radical (unpaired) electrons. The van der Waals surface area contributed by atoms with Gasteiger partial charge in [0.2, 0.25) is 6.29 Å². The quantitative estimate of drug-likeness (QED) is 0.814. The minimum Gasteiger partial charge on any atom is -0.462 e. The second kappa shape index (κ2) is 5.72. The highest BCUT2D eigenvalue weighted by atomic mass is 16.7. The molecule has 0 spiro atoms. The number of aliphatic hydroxyl groups is 2. The fourth-order valence-corrected chi connectivity index (χ4v) is 2.56. The molecule has 2 aromatic rings. The molecular formula is C16H18O6. The summed E-state index contributed by atoms with van der Waals surface area (Å²) < 4.78 is 16.2. The van der Waals surface area contributed by atoms with Crippen molar-refractivity contribution in [1.82, 2.24) is 0 Å². The minimum absolute atomic E-state index is 0.188. The maximum Gasteiger partial charge on any atom is 0.336 e. The van der Waals surface area contributed by atoms with E-state index in [9.17, 15) is 15.0 Å². The number of ether oxygens (including phenoxy) is 2. The molecule has 118 valence electrons. The van der Waals surface area contributed by atoms with Crippen LogP contribution in [-0.4, -0.2) is 34.8 Å². The minimum atomic E-state index is -0.925. The molecule has 1 aliphatic heterocycles. The number of aliphatic hydroxyl groups excluding tert-OH is 2. The number of hydrogen-bond donors (Lipinski definition) is 2. The zero-order valence-electron chi connectivity index (χ0n) is 12.4. The second-order valence-electron chi connectivity index (χ2n) is 5.60. The fraction of sp³-hybridized carbons (Fsp3) is 0.438. The molecule has 6 nitrogen and oxygen atoms in total. The maximum absolute atomic E-state index is 11.4. The highest BCUT2D eigenvalue weighted by Crippen LogP contribution is 2.26. The Labute approximate surface area is 126 Å². The Morgan fingerprint density at radius 3 is 2.77 bits per heavy atom. The number of benzene rings is 1. The van der Waals surface area contributed by atoms with Gasteiger partial charge in [-0.1, -0.05) is 0 Å². The van der Waals surface area contributed by atoms with Crippen LogP contribution in [0, 0.1) is 6.92 Å². The van der Waals surface area contributed by atoms with E-state index < -0.39 is 30.2 Å². The Morgan fingerprint density at radius 1 is 1.23 bits per heavy atom. The van der Waals surface area contributed by atoms with E-state index in [1.165, 1.54) is 6.07 Å². The van der Waals surface area contributed by atoms with Crippen LogP contribution in [0.15, 0.2) is 33.5 Å². The van der Waals surface area contributed by atoms with Crippen molar-refractivity contribution in [2.75, 3.05) is 0 Å². The standard InChI is InChI=1S/C16H18O6/c1-8-5-15(19)22-14-6-10(3-4-11(8)14)21-16-13(18)7-12(17)9(2)20-16/h3-6,9,12-13,16-18H,7H2,1-2H3/t9-,12-,13-,16-/m0/s1. The van der Waals surface area contributed by atoms with Crippen LogP contribution in [0.1, 0.15) is 18.9 Å². The van der Waals surface area contributed by atoms with Gasteiger partial charge in [-0.2, -0.15) is 0 Å². The first-order chi connectivity index (χ1) is 10.4. The van der Waals surface area contributed by atoms with Crippen LogP contribution in [0.5, 0.6) is 5.75 Å². The van der Waals surface area contributed by atoms with Crippen LogP contribution >= 0.6 is 0 Å². The Balaban J connectivity index is 1.86. The van der Waals surface area contributed by atoms with Gasteiger partial charge in [0.1, 0.15) is 17.4 Å². The van der Waals surface area contributed by atoms with Crippen molar-refractivity contribution in [3.63, 3.8) is 0 Å². The topological polar surface area (TPSA) is 89.1 Å². The van der Waals surface area contributed by atoms with E-state index in [0.717, 1.165) is 10.9 Å². The largest absolute Gasteiger partial charge is 0.462 e. The SMILES string of the molecule is Cc1cc(=O)oc2cc(O[C@@H]3O[C@@H](C)[C@@H](O)C[C@@H]3O)ccc12. The fourth-order valence-electron chi connectivity index (χ4n) is 2.56. The Morgan fingerprint density at radius 2 is 2.00 bits per heavy atom. The number of hydrogen-bond acceptors (Lipinski definition) is 6. The summed E-state index contributed by atoms with van der Waals surface area (Å²) in [6.07, 6.45) is -2.74. The van der Waals surface area contributed by atoms with Crippen molar-refractivity contribution >= 4 is 11.0 Å². The molecule has 2 N–H and O–H groups in total. The lowest BCUT2D eigenvalue weighted by Gasteiger charge is -2.35. The van der Waals surface area contributed by atoms with Gasteiger partial charge < -0.3 is 24.1 Å². The zero-order chi connectivity index (χ0) is 15.9. The lowest BCUT2D eigenvalue weighted by atomic mass is 10.0. The van der Waals surface area contributed by atoms with Crippen LogP contribution < -0.4 is 10.4 Å². The first-order valence-corrected chi connectivity index (χ1v) is 7.17. The lowest BCUT2D eigenvalue weighted by molar-refractivity contribution is -0.228. The predicted octanol–water partition coefficient (Wildman–Crippen LogP) is 1.34. The van der Waals surface area contributed by atoms with E-state index in [-0.39, 0.29) is 6.42 Å². The summed E-state index contributed by atoms with van der Waals surface area (Å²) in [5.41, 5.74) is 0.817. The molecule has 2 heterocycles. The van der Waals surface area contributed by atoms with E-state index >= 15 is 0 Å². The molecule has 1 aliphatic rings. The van der Waals surface area contributed by atoms with Gasteiger partial charge in [-0.25, -0.2) is 4.79 Å². The third kappa shape index (κ3) is 2.85. The monoisotopic (exact) mass is 306 g/mol. The molecule has 0 aliphatic carbocycles. The molecule has 0 unspecified atom stereocenters. The summed E-state index contributed by atoms with van der Waals surface area (Å²) >= 11 is 0.